The maximum atomic E-state index is 13.9. The number of halogens is 7. The van der Waals surface area contributed by atoms with Crippen molar-refractivity contribution in [3.05, 3.63) is 131 Å². The van der Waals surface area contributed by atoms with Crippen molar-refractivity contribution in [3.63, 3.8) is 0 Å². The molecule has 0 radical (unpaired) electrons. The van der Waals surface area contributed by atoms with Crippen LogP contribution in [0.2, 0.25) is 0 Å². The van der Waals surface area contributed by atoms with Crippen molar-refractivity contribution >= 4 is 73.9 Å². The van der Waals surface area contributed by atoms with E-state index in [0.717, 1.165) is 12.1 Å². The van der Waals surface area contributed by atoms with Crippen LogP contribution in [0.15, 0.2) is 89.8 Å². The first-order valence-electron chi connectivity index (χ1n) is 14.8. The minimum atomic E-state index is -3.79. The zero-order valence-electron chi connectivity index (χ0n) is 28.0. The SMILES string of the molecule is CSCC[C@@H](Cc1cc(F)c(F)cc1F)NS(=O)(=O)c1ccccc1.CSCC[C@H]1CN1c1ccccc1.Fc1[c-]cc(F)c(F)c1.O=S=O.[Br-].[Mg+2]. The molecule has 4 aromatic rings. The standard InChI is InChI=1S/C17H18F3NO2S2.C11H15NS.C6H2F3.BrH.Mg.O2S/c1-24-8-7-13(9-12-10-16(19)17(20)11-15(12)18)21-25(22,23)14-5-3-2-4-6-14;1-13-8-7-11-9-12(11)10-5-3-2-4-6-10;7-4-1-2-5(8)6(9)3-4;;;1-3-2/h2-6,10-11,13,21H,7-9H2,1H3;2-6,11H,7-9H2,1H3;2-3H;1H;;/q;;-1;;+2;/p-1/t13-;11-,12?;;;;/m00..../s1. The molecule has 1 heterocycles. The van der Waals surface area contributed by atoms with Crippen molar-refractivity contribution in [2.75, 3.05) is 35.5 Å². The molecule has 1 aliphatic heterocycles. The van der Waals surface area contributed by atoms with Gasteiger partial charge in [0.1, 0.15) is 5.82 Å². The van der Waals surface area contributed by atoms with Gasteiger partial charge in [-0.2, -0.15) is 31.9 Å². The van der Waals surface area contributed by atoms with Crippen LogP contribution in [-0.4, -0.2) is 82.5 Å². The molecule has 1 N–H and O–H groups in total. The first kappa shape index (κ1) is 49.9. The number of hydrogen-bond donors (Lipinski definition) is 1. The molecule has 6 nitrogen and oxygen atoms in total. The summed E-state index contributed by atoms with van der Waals surface area (Å²) in [6.45, 7) is 1.25. The fraction of sp³-hybridized carbons (Fsp3) is 0.294. The van der Waals surface area contributed by atoms with Gasteiger partial charge in [-0.1, -0.05) is 42.5 Å². The Kier molecular flexibility index (Phi) is 25.6. The van der Waals surface area contributed by atoms with Crippen LogP contribution in [0, 0.1) is 41.0 Å². The first-order valence-corrected chi connectivity index (χ1v) is 19.7. The van der Waals surface area contributed by atoms with Crippen molar-refractivity contribution in [1.29, 1.82) is 0 Å². The van der Waals surface area contributed by atoms with Crippen LogP contribution in [0.3, 0.4) is 0 Å². The summed E-state index contributed by atoms with van der Waals surface area (Å²) in [4.78, 5) is 2.56. The third kappa shape index (κ3) is 18.3. The van der Waals surface area contributed by atoms with Gasteiger partial charge in [-0.15, -0.1) is 12.1 Å². The average molecular weight is 882 g/mol. The van der Waals surface area contributed by atoms with Crippen molar-refractivity contribution < 1.29 is 60.2 Å². The Morgan fingerprint density at radius 1 is 0.808 bits per heavy atom. The van der Waals surface area contributed by atoms with Crippen molar-refractivity contribution in [1.82, 2.24) is 4.72 Å². The van der Waals surface area contributed by atoms with Gasteiger partial charge in [-0.25, -0.2) is 35.1 Å². The Morgan fingerprint density at radius 3 is 1.88 bits per heavy atom. The van der Waals surface area contributed by atoms with Crippen LogP contribution in [0.25, 0.3) is 0 Å². The summed E-state index contributed by atoms with van der Waals surface area (Å²) in [5.41, 5.74) is 1.31. The molecular formula is C34H35BrF6MgN2O4S4. The molecule has 18 heteroatoms. The number of anilines is 1. The number of benzene rings is 4. The zero-order valence-corrected chi connectivity index (χ0v) is 34.3. The van der Waals surface area contributed by atoms with Crippen molar-refractivity contribution in [3.8, 4) is 0 Å². The molecular weight excluding hydrogens is 847 g/mol. The van der Waals surface area contributed by atoms with E-state index in [2.05, 4.69) is 46.2 Å². The second-order valence-corrected chi connectivity index (χ2v) is 14.3. The number of hydrogen-bond acceptors (Lipinski definition) is 7. The Balaban J connectivity index is 0.000000802. The van der Waals surface area contributed by atoms with Crippen LogP contribution in [-0.2, 0) is 28.0 Å². The predicted octanol–water partition coefficient (Wildman–Crippen LogP) is 4.23. The van der Waals surface area contributed by atoms with Gasteiger partial charge >= 0.3 is 34.6 Å². The first-order chi connectivity index (χ1) is 23.9. The minimum absolute atomic E-state index is 0. The van der Waals surface area contributed by atoms with Crippen molar-refractivity contribution in [2.45, 2.75) is 36.2 Å². The average Bonchev–Trinajstić information content (AvgIpc) is 3.88. The summed E-state index contributed by atoms with van der Waals surface area (Å²) in [6.07, 6.45) is 5.72. The number of nitrogens with one attached hydrogen (secondary N) is 1. The molecule has 0 unspecified atom stereocenters. The molecule has 0 bridgehead atoms. The molecule has 52 heavy (non-hydrogen) atoms. The topological polar surface area (TPSA) is 83.3 Å². The number of thioether (sulfide) groups is 2. The number of rotatable bonds is 12. The van der Waals surface area contributed by atoms with Crippen LogP contribution in [0.4, 0.5) is 32.0 Å². The number of sulfonamides is 1. The van der Waals surface area contributed by atoms with Crippen LogP contribution >= 0.6 is 23.5 Å². The number of nitrogens with zero attached hydrogens (tertiary/aromatic N) is 1. The fourth-order valence-electron chi connectivity index (χ4n) is 4.38. The Morgan fingerprint density at radius 2 is 1.35 bits per heavy atom. The minimum Gasteiger partial charge on any atom is -1.00 e. The maximum Gasteiger partial charge on any atom is 2.00 e. The fourth-order valence-corrected chi connectivity index (χ4v) is 6.69. The van der Waals surface area contributed by atoms with E-state index in [1.165, 1.54) is 48.3 Å². The number of para-hydroxylation sites is 1. The molecule has 0 saturated carbocycles. The second-order valence-electron chi connectivity index (χ2n) is 10.4. The largest absolute Gasteiger partial charge is 2.00 e. The molecule has 0 amide bonds. The quantitative estimate of drug-likeness (QED) is 0.0751. The van der Waals surface area contributed by atoms with Crippen LogP contribution < -0.4 is 26.6 Å². The van der Waals surface area contributed by atoms with Gasteiger partial charge in [-0.3, -0.25) is 4.39 Å². The molecule has 5 rings (SSSR count). The Bertz CT molecular complexity index is 1770. The monoisotopic (exact) mass is 880 g/mol. The van der Waals surface area contributed by atoms with E-state index in [-0.39, 0.29) is 56.9 Å². The normalized spacial score (nSPS) is 13.2. The third-order valence-corrected chi connectivity index (χ3v) is 9.70. The van der Waals surface area contributed by atoms with E-state index in [1.54, 1.807) is 18.2 Å². The van der Waals surface area contributed by atoms with Crippen LogP contribution in [0.5, 0.6) is 0 Å². The molecule has 0 spiro atoms. The van der Waals surface area contributed by atoms with E-state index >= 15 is 0 Å². The molecule has 280 valence electrons. The summed E-state index contributed by atoms with van der Waals surface area (Å²) in [5, 5.41) is 0. The van der Waals surface area contributed by atoms with Gasteiger partial charge in [-0.05, 0) is 79.2 Å². The van der Waals surface area contributed by atoms with Gasteiger partial charge in [0.05, 0.1) is 10.7 Å². The van der Waals surface area contributed by atoms with Gasteiger partial charge in [0.2, 0.25) is 10.0 Å². The third-order valence-electron chi connectivity index (χ3n) is 6.88. The van der Waals surface area contributed by atoms with E-state index in [9.17, 15) is 34.8 Å². The second kappa shape index (κ2) is 26.7. The zero-order chi connectivity index (χ0) is 37.1. The predicted molar refractivity (Wildman–Crippen MR) is 194 cm³/mol. The van der Waals surface area contributed by atoms with E-state index in [4.69, 9.17) is 8.42 Å². The van der Waals surface area contributed by atoms with E-state index < -0.39 is 62.5 Å². The molecule has 0 aliphatic carbocycles. The van der Waals surface area contributed by atoms with Crippen molar-refractivity contribution in [2.24, 2.45) is 0 Å². The van der Waals surface area contributed by atoms with Crippen LogP contribution in [0.1, 0.15) is 18.4 Å². The summed E-state index contributed by atoms with van der Waals surface area (Å²) in [6, 6.07) is 22.8. The smallest absolute Gasteiger partial charge is 1.00 e. The molecule has 1 saturated heterocycles. The van der Waals surface area contributed by atoms with Gasteiger partial charge in [0.25, 0.3) is 0 Å². The molecule has 1 aliphatic rings. The maximum absolute atomic E-state index is 13.9. The molecule has 2 atom stereocenters. The Labute approximate surface area is 339 Å². The summed E-state index contributed by atoms with van der Waals surface area (Å²) in [7, 11) is -3.79. The van der Waals surface area contributed by atoms with E-state index in [0.29, 0.717) is 30.4 Å². The van der Waals surface area contributed by atoms with Gasteiger partial charge in [0, 0.05) is 42.0 Å². The molecule has 4 aromatic carbocycles. The summed E-state index contributed by atoms with van der Waals surface area (Å²) < 4.78 is 120. The molecule has 1 fully saturated rings. The summed E-state index contributed by atoms with van der Waals surface area (Å²) in [5.74, 6) is -4.58. The Hall–Kier alpha value is -2.06. The van der Waals surface area contributed by atoms with Gasteiger partial charge < -0.3 is 21.9 Å². The van der Waals surface area contributed by atoms with E-state index in [1.807, 2.05) is 24.1 Å². The molecule has 0 aromatic heterocycles. The summed E-state index contributed by atoms with van der Waals surface area (Å²) >= 11 is 2.70. The van der Waals surface area contributed by atoms with Gasteiger partial charge in [0.15, 0.2) is 11.6 Å².